The van der Waals surface area contributed by atoms with Crippen LogP contribution in [-0.4, -0.2) is 43.8 Å². The van der Waals surface area contributed by atoms with Crippen LogP contribution >= 0.6 is 0 Å². The van der Waals surface area contributed by atoms with E-state index in [1.807, 2.05) is 13.8 Å². The fraction of sp³-hybridized carbons (Fsp3) is 0.833. The molecule has 2 N–H and O–H groups in total. The number of rotatable bonds is 4. The summed E-state index contributed by atoms with van der Waals surface area (Å²) in [5.74, 6) is -0.474. The van der Waals surface area contributed by atoms with Gasteiger partial charge in [-0.2, -0.15) is 0 Å². The van der Waals surface area contributed by atoms with Crippen LogP contribution in [0.1, 0.15) is 33.1 Å². The largest absolute Gasteiger partial charge is 0.353 e. The number of sulfone groups is 1. The molecule has 108 valence electrons. The van der Waals surface area contributed by atoms with E-state index in [1.165, 1.54) is 0 Å². The average Bonchev–Trinajstić information content (AvgIpc) is 3.00. The monoisotopic (exact) mass is 288 g/mol. The molecule has 0 bridgehead atoms. The standard InChI is InChI=1S/C12H20N2O4S/c1-8(2)13-10(15)12(4-5-12)11(16)14-9-3-6-19(17,18)7-9/h8-9H,3-7H2,1-2H3,(H,13,15)(H,14,16). The van der Waals surface area contributed by atoms with Gasteiger partial charge in [-0.15, -0.1) is 0 Å². The van der Waals surface area contributed by atoms with Gasteiger partial charge in [-0.3, -0.25) is 9.59 Å². The van der Waals surface area contributed by atoms with Crippen molar-refractivity contribution in [1.29, 1.82) is 0 Å². The van der Waals surface area contributed by atoms with E-state index in [4.69, 9.17) is 0 Å². The average molecular weight is 288 g/mol. The summed E-state index contributed by atoms with van der Waals surface area (Å²) in [6.45, 7) is 3.69. The topological polar surface area (TPSA) is 92.3 Å². The first-order valence-electron chi connectivity index (χ1n) is 6.57. The van der Waals surface area contributed by atoms with E-state index in [0.29, 0.717) is 19.3 Å². The molecule has 0 spiro atoms. The predicted molar refractivity (Wildman–Crippen MR) is 70.1 cm³/mol. The Kier molecular flexibility index (Phi) is 3.59. The summed E-state index contributed by atoms with van der Waals surface area (Å²) in [7, 11) is -3.02. The number of hydrogen-bond acceptors (Lipinski definition) is 4. The first kappa shape index (κ1) is 14.3. The molecule has 1 saturated heterocycles. The number of carbonyl (C=O) groups excluding carboxylic acids is 2. The van der Waals surface area contributed by atoms with Gasteiger partial charge in [-0.1, -0.05) is 0 Å². The zero-order valence-electron chi connectivity index (χ0n) is 11.2. The molecular formula is C12H20N2O4S. The van der Waals surface area contributed by atoms with E-state index in [9.17, 15) is 18.0 Å². The van der Waals surface area contributed by atoms with Crippen molar-refractivity contribution < 1.29 is 18.0 Å². The minimum atomic E-state index is -3.02. The number of carbonyl (C=O) groups is 2. The second-order valence-electron chi connectivity index (χ2n) is 5.78. The molecule has 2 aliphatic rings. The smallest absolute Gasteiger partial charge is 0.235 e. The van der Waals surface area contributed by atoms with Crippen molar-refractivity contribution >= 4 is 21.7 Å². The summed E-state index contributed by atoms with van der Waals surface area (Å²) in [4.78, 5) is 24.1. The molecule has 0 aromatic heterocycles. The van der Waals surface area contributed by atoms with Crippen LogP contribution in [0.2, 0.25) is 0 Å². The molecular weight excluding hydrogens is 268 g/mol. The highest BCUT2D eigenvalue weighted by Crippen LogP contribution is 2.46. The van der Waals surface area contributed by atoms with E-state index in [1.54, 1.807) is 0 Å². The molecule has 19 heavy (non-hydrogen) atoms. The summed E-state index contributed by atoms with van der Waals surface area (Å²) in [6, 6.07) is -0.355. The summed E-state index contributed by atoms with van der Waals surface area (Å²) < 4.78 is 22.7. The third-order valence-corrected chi connectivity index (χ3v) is 5.37. The van der Waals surface area contributed by atoms with E-state index in [-0.39, 0.29) is 35.4 Å². The van der Waals surface area contributed by atoms with E-state index >= 15 is 0 Å². The predicted octanol–water partition coefficient (Wildman–Crippen LogP) is -0.405. The van der Waals surface area contributed by atoms with Crippen LogP contribution < -0.4 is 10.6 Å². The van der Waals surface area contributed by atoms with Gasteiger partial charge in [-0.05, 0) is 33.1 Å². The van der Waals surface area contributed by atoms with Gasteiger partial charge in [0.25, 0.3) is 0 Å². The summed E-state index contributed by atoms with van der Waals surface area (Å²) >= 11 is 0. The second kappa shape index (κ2) is 4.77. The van der Waals surface area contributed by atoms with Crippen LogP contribution in [0.4, 0.5) is 0 Å². The molecule has 0 aromatic rings. The maximum Gasteiger partial charge on any atom is 0.235 e. The molecule has 2 rings (SSSR count). The Morgan fingerprint density at radius 2 is 1.84 bits per heavy atom. The minimum absolute atomic E-state index is 0.00960. The van der Waals surface area contributed by atoms with Crippen molar-refractivity contribution in [2.45, 2.75) is 45.2 Å². The lowest BCUT2D eigenvalue weighted by Gasteiger charge is -2.19. The zero-order valence-corrected chi connectivity index (χ0v) is 12.0. The van der Waals surface area contributed by atoms with Crippen molar-refractivity contribution in [2.75, 3.05) is 11.5 Å². The molecule has 0 radical (unpaired) electrons. The molecule has 1 unspecified atom stereocenters. The highest BCUT2D eigenvalue weighted by Gasteiger charge is 2.57. The van der Waals surface area contributed by atoms with Gasteiger partial charge in [0.1, 0.15) is 5.41 Å². The van der Waals surface area contributed by atoms with Gasteiger partial charge < -0.3 is 10.6 Å². The van der Waals surface area contributed by atoms with Crippen LogP contribution in [0.3, 0.4) is 0 Å². The quantitative estimate of drug-likeness (QED) is 0.688. The molecule has 6 nitrogen and oxygen atoms in total. The van der Waals surface area contributed by atoms with Crippen molar-refractivity contribution in [2.24, 2.45) is 5.41 Å². The number of amides is 2. The SMILES string of the molecule is CC(C)NC(=O)C1(C(=O)NC2CCS(=O)(=O)C2)CC1. The molecule has 7 heteroatoms. The van der Waals surface area contributed by atoms with Gasteiger partial charge in [-0.25, -0.2) is 8.42 Å². The van der Waals surface area contributed by atoms with Crippen LogP contribution in [0.25, 0.3) is 0 Å². The van der Waals surface area contributed by atoms with Crippen molar-refractivity contribution in [3.8, 4) is 0 Å². The molecule has 1 atom stereocenters. The van der Waals surface area contributed by atoms with Crippen molar-refractivity contribution in [1.82, 2.24) is 10.6 Å². The number of nitrogens with one attached hydrogen (secondary N) is 2. The van der Waals surface area contributed by atoms with Crippen molar-refractivity contribution in [3.05, 3.63) is 0 Å². The third kappa shape index (κ3) is 3.08. The van der Waals surface area contributed by atoms with Gasteiger partial charge in [0, 0.05) is 12.1 Å². The lowest BCUT2D eigenvalue weighted by atomic mass is 10.0. The normalized spacial score (nSPS) is 27.0. The summed E-state index contributed by atoms with van der Waals surface area (Å²) in [5.41, 5.74) is -0.962. The lowest BCUT2D eigenvalue weighted by molar-refractivity contribution is -0.137. The van der Waals surface area contributed by atoms with E-state index in [2.05, 4.69) is 10.6 Å². The Morgan fingerprint density at radius 3 is 2.26 bits per heavy atom. The first-order chi connectivity index (χ1) is 8.75. The zero-order chi connectivity index (χ0) is 14.3. The lowest BCUT2D eigenvalue weighted by Crippen LogP contribution is -2.48. The summed E-state index contributed by atoms with van der Waals surface area (Å²) in [6.07, 6.45) is 1.52. The van der Waals surface area contributed by atoms with Crippen LogP contribution in [0.15, 0.2) is 0 Å². The van der Waals surface area contributed by atoms with Gasteiger partial charge in [0.05, 0.1) is 11.5 Å². The Morgan fingerprint density at radius 1 is 1.21 bits per heavy atom. The van der Waals surface area contributed by atoms with Crippen LogP contribution in [-0.2, 0) is 19.4 Å². The Hall–Kier alpha value is -1.11. The van der Waals surface area contributed by atoms with E-state index in [0.717, 1.165) is 0 Å². The Labute approximate surface area is 113 Å². The minimum Gasteiger partial charge on any atom is -0.353 e. The molecule has 1 heterocycles. The fourth-order valence-electron chi connectivity index (χ4n) is 2.31. The molecule has 2 amide bonds. The first-order valence-corrected chi connectivity index (χ1v) is 8.40. The molecule has 1 saturated carbocycles. The molecule has 1 aliphatic heterocycles. The van der Waals surface area contributed by atoms with Crippen LogP contribution in [0, 0.1) is 5.41 Å². The second-order valence-corrected chi connectivity index (χ2v) is 8.01. The molecule has 2 fully saturated rings. The van der Waals surface area contributed by atoms with E-state index < -0.39 is 15.3 Å². The molecule has 0 aromatic carbocycles. The summed E-state index contributed by atoms with van der Waals surface area (Å²) in [5, 5.41) is 5.46. The maximum absolute atomic E-state index is 12.2. The van der Waals surface area contributed by atoms with Crippen LogP contribution in [0.5, 0.6) is 0 Å². The highest BCUT2D eigenvalue weighted by atomic mass is 32.2. The Bertz CT molecular complexity index is 494. The van der Waals surface area contributed by atoms with Crippen molar-refractivity contribution in [3.63, 3.8) is 0 Å². The third-order valence-electron chi connectivity index (χ3n) is 3.61. The molecule has 1 aliphatic carbocycles. The van der Waals surface area contributed by atoms with Gasteiger partial charge in [0.15, 0.2) is 9.84 Å². The Balaban J connectivity index is 1.95. The maximum atomic E-state index is 12.2. The number of hydrogen-bond donors (Lipinski definition) is 2. The van der Waals surface area contributed by atoms with Gasteiger partial charge in [0.2, 0.25) is 11.8 Å². The van der Waals surface area contributed by atoms with Gasteiger partial charge >= 0.3 is 0 Å². The fourth-order valence-corrected chi connectivity index (χ4v) is 3.99. The highest BCUT2D eigenvalue weighted by molar-refractivity contribution is 7.91.